The van der Waals surface area contributed by atoms with Crippen molar-refractivity contribution in [3.63, 3.8) is 0 Å². The molecule has 0 spiro atoms. The topological polar surface area (TPSA) is 0 Å². The zero-order valence-electron chi connectivity index (χ0n) is 11.2. The Morgan fingerprint density at radius 2 is 1.47 bits per heavy atom. The highest BCUT2D eigenvalue weighted by molar-refractivity contribution is 9.09. The first-order valence-electron chi connectivity index (χ1n) is 7.92. The molecule has 0 amide bonds. The molecule has 0 aromatic rings. The Balaban J connectivity index is 1.67. The van der Waals surface area contributed by atoms with Gasteiger partial charge in [0.25, 0.3) is 0 Å². The van der Waals surface area contributed by atoms with Crippen LogP contribution in [0.15, 0.2) is 0 Å². The van der Waals surface area contributed by atoms with Gasteiger partial charge in [0.2, 0.25) is 0 Å². The summed E-state index contributed by atoms with van der Waals surface area (Å²) in [6, 6.07) is 0. The van der Waals surface area contributed by atoms with Crippen molar-refractivity contribution in [1.82, 2.24) is 0 Å². The quantitative estimate of drug-likeness (QED) is 0.568. The molecule has 0 aromatic heterocycles. The first-order valence-corrected chi connectivity index (χ1v) is 8.83. The average Bonchev–Trinajstić information content (AvgIpc) is 2.37. The van der Waals surface area contributed by atoms with Gasteiger partial charge in [-0.1, -0.05) is 35.7 Å². The van der Waals surface area contributed by atoms with Gasteiger partial charge < -0.3 is 0 Å². The molecule has 0 heterocycles. The number of hydrogen-bond acceptors (Lipinski definition) is 0. The van der Waals surface area contributed by atoms with Crippen LogP contribution in [0, 0.1) is 29.6 Å². The maximum absolute atomic E-state index is 3.86. The molecule has 3 fully saturated rings. The molecule has 3 saturated carbocycles. The molecule has 0 radical (unpaired) electrons. The monoisotopic (exact) mass is 298 g/mol. The molecule has 0 nitrogen and oxygen atoms in total. The normalized spacial score (nSPS) is 50.5. The lowest BCUT2D eigenvalue weighted by Gasteiger charge is -2.50. The van der Waals surface area contributed by atoms with Crippen LogP contribution in [0.3, 0.4) is 0 Å². The van der Waals surface area contributed by atoms with Gasteiger partial charge in [-0.25, -0.2) is 0 Å². The first kappa shape index (κ1) is 12.5. The molecule has 3 rings (SSSR count). The Morgan fingerprint density at radius 3 is 2.18 bits per heavy atom. The second-order valence-electron chi connectivity index (χ2n) is 6.92. The van der Waals surface area contributed by atoms with Crippen molar-refractivity contribution in [2.75, 3.05) is 0 Å². The second-order valence-corrected chi connectivity index (χ2v) is 8.22. The molecule has 0 saturated heterocycles. The van der Waals surface area contributed by atoms with Gasteiger partial charge in [0.1, 0.15) is 0 Å². The first-order chi connectivity index (χ1) is 8.28. The summed E-state index contributed by atoms with van der Waals surface area (Å²) >= 11 is 3.86. The van der Waals surface area contributed by atoms with Crippen molar-refractivity contribution < 1.29 is 0 Å². The van der Waals surface area contributed by atoms with Gasteiger partial charge in [-0.2, -0.15) is 0 Å². The molecule has 3 aliphatic rings. The molecule has 4 unspecified atom stereocenters. The molecule has 17 heavy (non-hydrogen) atoms. The van der Waals surface area contributed by atoms with E-state index in [1.54, 1.807) is 32.1 Å². The summed E-state index contributed by atoms with van der Waals surface area (Å²) in [6.45, 7) is 2.40. The Labute approximate surface area is 115 Å². The van der Waals surface area contributed by atoms with Crippen molar-refractivity contribution in [3.8, 4) is 0 Å². The third-order valence-electron chi connectivity index (χ3n) is 6.16. The van der Waals surface area contributed by atoms with E-state index >= 15 is 0 Å². The lowest BCUT2D eigenvalue weighted by Crippen LogP contribution is -2.41. The lowest BCUT2D eigenvalue weighted by atomic mass is 9.56. The third kappa shape index (κ3) is 2.46. The summed E-state index contributed by atoms with van der Waals surface area (Å²) in [6.07, 6.45) is 13.7. The number of fused-ring (bicyclic) bond motifs is 3. The summed E-state index contributed by atoms with van der Waals surface area (Å²) in [7, 11) is 0. The highest BCUT2D eigenvalue weighted by Crippen LogP contribution is 2.53. The van der Waals surface area contributed by atoms with Crippen LogP contribution in [0.5, 0.6) is 0 Å². The van der Waals surface area contributed by atoms with E-state index in [-0.39, 0.29) is 0 Å². The van der Waals surface area contributed by atoms with Gasteiger partial charge >= 0.3 is 0 Å². The molecular formula is C16H27Br. The van der Waals surface area contributed by atoms with Gasteiger partial charge in [-0.15, -0.1) is 0 Å². The predicted octanol–water partition coefficient (Wildman–Crippen LogP) is 5.40. The van der Waals surface area contributed by atoms with Crippen LogP contribution < -0.4 is 0 Å². The van der Waals surface area contributed by atoms with E-state index < -0.39 is 0 Å². The van der Waals surface area contributed by atoms with Crippen LogP contribution in [0.2, 0.25) is 0 Å². The summed E-state index contributed by atoms with van der Waals surface area (Å²) in [5.41, 5.74) is 0. The van der Waals surface area contributed by atoms with Crippen LogP contribution in [0.4, 0.5) is 0 Å². The third-order valence-corrected chi connectivity index (χ3v) is 6.99. The largest absolute Gasteiger partial charge is 0.0891 e. The molecule has 0 aliphatic heterocycles. The lowest BCUT2D eigenvalue weighted by molar-refractivity contribution is 0.0130. The zero-order chi connectivity index (χ0) is 11.8. The fourth-order valence-corrected chi connectivity index (χ4v) is 5.95. The van der Waals surface area contributed by atoms with Gasteiger partial charge in [-0.05, 0) is 74.5 Å². The average molecular weight is 299 g/mol. The minimum Gasteiger partial charge on any atom is -0.0891 e. The molecular weight excluding hydrogens is 272 g/mol. The van der Waals surface area contributed by atoms with Gasteiger partial charge in [0.05, 0.1) is 0 Å². The van der Waals surface area contributed by atoms with E-state index in [0.717, 1.165) is 34.4 Å². The van der Waals surface area contributed by atoms with Crippen molar-refractivity contribution in [3.05, 3.63) is 0 Å². The predicted molar refractivity (Wildman–Crippen MR) is 77.4 cm³/mol. The van der Waals surface area contributed by atoms with Gasteiger partial charge in [0.15, 0.2) is 0 Å². The SMILES string of the molecule is CC[C@H]1CCC2C(CCC3C[C@@H](Br)CCC32)C1. The molecule has 98 valence electrons. The number of halogens is 1. The van der Waals surface area contributed by atoms with E-state index in [0.29, 0.717) is 0 Å². The van der Waals surface area contributed by atoms with E-state index in [2.05, 4.69) is 22.9 Å². The minimum absolute atomic E-state index is 0.840. The fourth-order valence-electron chi connectivity index (χ4n) is 5.20. The van der Waals surface area contributed by atoms with Crippen LogP contribution in [0.1, 0.15) is 64.7 Å². The summed E-state index contributed by atoms with van der Waals surface area (Å²) < 4.78 is 0. The van der Waals surface area contributed by atoms with Gasteiger partial charge in [0, 0.05) is 4.83 Å². The smallest absolute Gasteiger partial charge is 0.0148 e. The summed E-state index contributed by atoms with van der Waals surface area (Å²) in [5.74, 6) is 5.49. The molecule has 3 aliphatic carbocycles. The van der Waals surface area contributed by atoms with E-state index in [9.17, 15) is 0 Å². The maximum atomic E-state index is 3.86. The Kier molecular flexibility index (Phi) is 3.85. The van der Waals surface area contributed by atoms with Crippen LogP contribution in [-0.4, -0.2) is 4.83 Å². The number of alkyl halides is 1. The van der Waals surface area contributed by atoms with E-state index in [1.165, 1.54) is 25.7 Å². The number of rotatable bonds is 1. The van der Waals surface area contributed by atoms with Crippen molar-refractivity contribution in [1.29, 1.82) is 0 Å². The Morgan fingerprint density at radius 1 is 0.824 bits per heavy atom. The minimum atomic E-state index is 0.840. The van der Waals surface area contributed by atoms with E-state index in [4.69, 9.17) is 0 Å². The molecule has 0 aromatic carbocycles. The van der Waals surface area contributed by atoms with Crippen LogP contribution in [-0.2, 0) is 0 Å². The molecule has 0 bridgehead atoms. The fraction of sp³-hybridized carbons (Fsp3) is 1.00. The van der Waals surface area contributed by atoms with Gasteiger partial charge in [-0.3, -0.25) is 0 Å². The highest BCUT2D eigenvalue weighted by atomic mass is 79.9. The second kappa shape index (κ2) is 5.23. The molecule has 0 N–H and O–H groups in total. The Bertz CT molecular complexity index is 262. The van der Waals surface area contributed by atoms with Crippen molar-refractivity contribution >= 4 is 15.9 Å². The van der Waals surface area contributed by atoms with E-state index in [1.807, 2.05) is 0 Å². The summed E-state index contributed by atoms with van der Waals surface area (Å²) in [5, 5.41) is 0. The van der Waals surface area contributed by atoms with Crippen LogP contribution in [0.25, 0.3) is 0 Å². The summed E-state index contributed by atoms with van der Waals surface area (Å²) in [4.78, 5) is 0.840. The zero-order valence-corrected chi connectivity index (χ0v) is 12.8. The van der Waals surface area contributed by atoms with Crippen LogP contribution >= 0.6 is 15.9 Å². The highest BCUT2D eigenvalue weighted by Gasteiger charge is 2.43. The van der Waals surface area contributed by atoms with Crippen molar-refractivity contribution in [2.24, 2.45) is 29.6 Å². The standard InChI is InChI=1S/C16H27Br/c1-2-11-3-7-15-12(9-11)4-5-13-10-14(17)6-8-16(13)15/h11-16H,2-10H2,1H3/t11-,12?,13?,14-,15?,16?/m0/s1. The van der Waals surface area contributed by atoms with Crippen molar-refractivity contribution in [2.45, 2.75) is 69.5 Å². The molecule has 6 atom stereocenters. The number of hydrogen-bond donors (Lipinski definition) is 0. The molecule has 1 heteroatoms. The maximum Gasteiger partial charge on any atom is 0.0148 e. The Hall–Kier alpha value is 0.480.